The third-order valence-electron chi connectivity index (χ3n) is 2.81. The standard InChI is InChI=1S/C13H17N3O/c1-4-6-10(3)13-15-12(16-17-13)11-9(2)7-5-8-14-11/h5,7-8,10H,4,6H2,1-3H3. The van der Waals surface area contributed by atoms with Crippen LogP contribution in [0.2, 0.25) is 0 Å². The summed E-state index contributed by atoms with van der Waals surface area (Å²) in [4.78, 5) is 8.70. The van der Waals surface area contributed by atoms with Crippen molar-refractivity contribution in [2.45, 2.75) is 39.5 Å². The van der Waals surface area contributed by atoms with Gasteiger partial charge in [-0.15, -0.1) is 0 Å². The first-order valence-corrected chi connectivity index (χ1v) is 5.98. The zero-order chi connectivity index (χ0) is 12.3. The van der Waals surface area contributed by atoms with E-state index in [9.17, 15) is 0 Å². The van der Waals surface area contributed by atoms with Gasteiger partial charge in [0, 0.05) is 12.1 Å². The molecule has 17 heavy (non-hydrogen) atoms. The topological polar surface area (TPSA) is 51.8 Å². The van der Waals surface area contributed by atoms with Gasteiger partial charge >= 0.3 is 0 Å². The smallest absolute Gasteiger partial charge is 0.229 e. The summed E-state index contributed by atoms with van der Waals surface area (Å²) in [7, 11) is 0. The predicted molar refractivity (Wildman–Crippen MR) is 65.6 cm³/mol. The van der Waals surface area contributed by atoms with E-state index in [-0.39, 0.29) is 0 Å². The van der Waals surface area contributed by atoms with E-state index in [2.05, 4.69) is 29.0 Å². The molecule has 0 saturated carbocycles. The van der Waals surface area contributed by atoms with Crippen molar-refractivity contribution in [1.82, 2.24) is 15.1 Å². The molecule has 0 fully saturated rings. The first kappa shape index (κ1) is 11.8. The van der Waals surface area contributed by atoms with Gasteiger partial charge < -0.3 is 4.52 Å². The Morgan fingerprint density at radius 3 is 2.94 bits per heavy atom. The molecule has 0 aromatic carbocycles. The highest BCUT2D eigenvalue weighted by atomic mass is 16.5. The first-order valence-electron chi connectivity index (χ1n) is 5.98. The second kappa shape index (κ2) is 5.08. The normalized spacial score (nSPS) is 12.6. The number of aromatic nitrogens is 3. The van der Waals surface area contributed by atoms with E-state index < -0.39 is 0 Å². The molecule has 0 radical (unpaired) electrons. The summed E-state index contributed by atoms with van der Waals surface area (Å²) in [5.41, 5.74) is 1.86. The number of hydrogen-bond donors (Lipinski definition) is 0. The second-order valence-electron chi connectivity index (χ2n) is 4.31. The maximum atomic E-state index is 5.29. The van der Waals surface area contributed by atoms with E-state index >= 15 is 0 Å². The second-order valence-corrected chi connectivity index (χ2v) is 4.31. The van der Waals surface area contributed by atoms with Gasteiger partial charge in [0.2, 0.25) is 11.7 Å². The zero-order valence-corrected chi connectivity index (χ0v) is 10.5. The van der Waals surface area contributed by atoms with E-state index in [0.717, 1.165) is 24.1 Å². The average Bonchev–Trinajstić information content (AvgIpc) is 2.79. The minimum atomic E-state index is 0.310. The highest BCUT2D eigenvalue weighted by Crippen LogP contribution is 2.22. The third kappa shape index (κ3) is 2.52. The number of nitrogens with zero attached hydrogens (tertiary/aromatic N) is 3. The van der Waals surface area contributed by atoms with E-state index in [1.807, 2.05) is 19.1 Å². The summed E-state index contributed by atoms with van der Waals surface area (Å²) in [6.07, 6.45) is 3.91. The summed E-state index contributed by atoms with van der Waals surface area (Å²) in [6, 6.07) is 3.90. The predicted octanol–water partition coefficient (Wildman–Crippen LogP) is 3.34. The van der Waals surface area contributed by atoms with Crippen molar-refractivity contribution in [2.75, 3.05) is 0 Å². The summed E-state index contributed by atoms with van der Waals surface area (Å²) in [6.45, 7) is 6.25. The zero-order valence-electron chi connectivity index (χ0n) is 10.5. The van der Waals surface area contributed by atoms with Crippen molar-refractivity contribution in [2.24, 2.45) is 0 Å². The van der Waals surface area contributed by atoms with Gasteiger partial charge in [0.25, 0.3) is 0 Å². The van der Waals surface area contributed by atoms with Gasteiger partial charge in [0.15, 0.2) is 0 Å². The van der Waals surface area contributed by atoms with Crippen LogP contribution in [-0.4, -0.2) is 15.1 Å². The van der Waals surface area contributed by atoms with E-state index in [4.69, 9.17) is 4.52 Å². The Hall–Kier alpha value is -1.71. The molecule has 0 aliphatic carbocycles. The lowest BCUT2D eigenvalue weighted by Gasteiger charge is -2.01. The Morgan fingerprint density at radius 2 is 2.24 bits per heavy atom. The minimum absolute atomic E-state index is 0.310. The summed E-state index contributed by atoms with van der Waals surface area (Å²) >= 11 is 0. The van der Waals surface area contributed by atoms with Crippen LogP contribution in [0, 0.1) is 6.92 Å². The number of rotatable bonds is 4. The quantitative estimate of drug-likeness (QED) is 0.809. The van der Waals surface area contributed by atoms with E-state index in [1.165, 1.54) is 0 Å². The molecule has 2 heterocycles. The average molecular weight is 231 g/mol. The molecule has 0 amide bonds. The SMILES string of the molecule is CCCC(C)c1nc(-c2ncccc2C)no1. The molecule has 2 rings (SSSR count). The Balaban J connectivity index is 2.27. The molecule has 0 aliphatic rings. The molecule has 0 N–H and O–H groups in total. The third-order valence-corrected chi connectivity index (χ3v) is 2.81. The molecule has 0 saturated heterocycles. The van der Waals surface area contributed by atoms with Crippen LogP contribution in [0.25, 0.3) is 11.5 Å². The van der Waals surface area contributed by atoms with Crippen LogP contribution in [0.4, 0.5) is 0 Å². The van der Waals surface area contributed by atoms with Crippen LogP contribution in [0.1, 0.15) is 44.1 Å². The summed E-state index contributed by atoms with van der Waals surface area (Å²) < 4.78 is 5.29. The molecule has 4 nitrogen and oxygen atoms in total. The fourth-order valence-corrected chi connectivity index (χ4v) is 1.81. The highest BCUT2D eigenvalue weighted by molar-refractivity contribution is 5.53. The monoisotopic (exact) mass is 231 g/mol. The Labute approximate surface area is 101 Å². The van der Waals surface area contributed by atoms with Gasteiger partial charge in [0.1, 0.15) is 5.69 Å². The van der Waals surface area contributed by atoms with Crippen LogP contribution < -0.4 is 0 Å². The van der Waals surface area contributed by atoms with Crippen molar-refractivity contribution in [3.63, 3.8) is 0 Å². The molecule has 0 bridgehead atoms. The lowest BCUT2D eigenvalue weighted by Crippen LogP contribution is -1.94. The van der Waals surface area contributed by atoms with Crippen LogP contribution in [0.15, 0.2) is 22.9 Å². The Bertz CT molecular complexity index is 493. The maximum Gasteiger partial charge on any atom is 0.229 e. The molecule has 2 aromatic rings. The van der Waals surface area contributed by atoms with Gasteiger partial charge in [-0.2, -0.15) is 4.98 Å². The van der Waals surface area contributed by atoms with Gasteiger partial charge in [-0.1, -0.05) is 31.5 Å². The minimum Gasteiger partial charge on any atom is -0.339 e. The fraction of sp³-hybridized carbons (Fsp3) is 0.462. The van der Waals surface area contributed by atoms with E-state index in [0.29, 0.717) is 17.6 Å². The molecular weight excluding hydrogens is 214 g/mol. The van der Waals surface area contributed by atoms with Crippen molar-refractivity contribution in [3.05, 3.63) is 29.8 Å². The molecule has 2 aromatic heterocycles. The first-order chi connectivity index (χ1) is 8.22. The number of hydrogen-bond acceptors (Lipinski definition) is 4. The van der Waals surface area contributed by atoms with Crippen molar-refractivity contribution in [1.29, 1.82) is 0 Å². The molecule has 0 aliphatic heterocycles. The maximum absolute atomic E-state index is 5.29. The lowest BCUT2D eigenvalue weighted by atomic mass is 10.1. The molecule has 90 valence electrons. The van der Waals surface area contributed by atoms with Crippen molar-refractivity contribution in [3.8, 4) is 11.5 Å². The summed E-state index contributed by atoms with van der Waals surface area (Å²) in [5.74, 6) is 1.60. The van der Waals surface area contributed by atoms with Crippen LogP contribution >= 0.6 is 0 Å². The molecular formula is C13H17N3O. The molecule has 1 atom stereocenters. The highest BCUT2D eigenvalue weighted by Gasteiger charge is 2.16. The summed E-state index contributed by atoms with van der Waals surface area (Å²) in [5, 5.41) is 4.00. The van der Waals surface area contributed by atoms with Crippen LogP contribution in [-0.2, 0) is 0 Å². The van der Waals surface area contributed by atoms with Gasteiger partial charge in [-0.25, -0.2) is 0 Å². The van der Waals surface area contributed by atoms with Gasteiger partial charge in [0.05, 0.1) is 0 Å². The number of aryl methyl sites for hydroxylation is 1. The van der Waals surface area contributed by atoms with Gasteiger partial charge in [-0.05, 0) is 25.0 Å². The van der Waals surface area contributed by atoms with E-state index in [1.54, 1.807) is 6.20 Å². The fourth-order valence-electron chi connectivity index (χ4n) is 1.81. The van der Waals surface area contributed by atoms with Crippen LogP contribution in [0.3, 0.4) is 0 Å². The lowest BCUT2D eigenvalue weighted by molar-refractivity contribution is 0.353. The van der Waals surface area contributed by atoms with Crippen molar-refractivity contribution >= 4 is 0 Å². The molecule has 1 unspecified atom stereocenters. The van der Waals surface area contributed by atoms with Crippen LogP contribution in [0.5, 0.6) is 0 Å². The molecule has 4 heteroatoms. The largest absolute Gasteiger partial charge is 0.339 e. The Morgan fingerprint density at radius 1 is 1.41 bits per heavy atom. The van der Waals surface area contributed by atoms with Gasteiger partial charge in [-0.3, -0.25) is 4.98 Å². The number of pyridine rings is 1. The Kier molecular flexibility index (Phi) is 3.52. The molecule has 0 spiro atoms. The van der Waals surface area contributed by atoms with Crippen molar-refractivity contribution < 1.29 is 4.52 Å².